The van der Waals surface area contributed by atoms with Crippen LogP contribution in [0.5, 0.6) is 34.5 Å². The topological polar surface area (TPSA) is 245 Å². The van der Waals surface area contributed by atoms with Gasteiger partial charge in [0.25, 0.3) is 16.7 Å². The Morgan fingerprint density at radius 3 is 1.01 bits per heavy atom. The number of nitrogens with zero attached hydrogens (tertiary/aromatic N) is 3. The van der Waals surface area contributed by atoms with Crippen molar-refractivity contribution >= 4 is 113 Å². The molecule has 3 N–H and O–H groups in total. The van der Waals surface area contributed by atoms with Crippen LogP contribution >= 0.6 is 46.9 Å². The fraction of sp³-hybridized carbons (Fsp3) is 0.100. The number of hydrogen-bond donors (Lipinski definition) is 3. The van der Waals surface area contributed by atoms with Gasteiger partial charge in [-0.25, -0.2) is 14.4 Å². The van der Waals surface area contributed by atoms with Crippen molar-refractivity contribution in [2.45, 2.75) is 61.4 Å². The molecule has 0 saturated heterocycles. The molecule has 0 fully saturated rings. The molecular formula is C80H54ClF6N3O15S3. The van der Waals surface area contributed by atoms with Gasteiger partial charge in [-0.05, 0) is 150 Å². The van der Waals surface area contributed by atoms with E-state index in [0.717, 1.165) is 64.5 Å². The molecule has 18 nitrogen and oxygen atoms in total. The van der Waals surface area contributed by atoms with Gasteiger partial charge in [0.15, 0.2) is 34.0 Å². The van der Waals surface area contributed by atoms with E-state index in [2.05, 4.69) is 0 Å². The van der Waals surface area contributed by atoms with Crippen molar-refractivity contribution in [1.82, 2.24) is 13.7 Å². The molecule has 0 aliphatic carbocycles. The molecule has 0 bridgehead atoms. The SMILES string of the molecule is COc1ccc(Cn2c(=O)c3c(O)c(Sc4ccc(C(F)(F)F)cc4)c(=O)oc3c3ccccc32)cc1.COc1ccc(Cn2c(=O)c3c(O)c(Sc4cccc(C(F)(F)F)c4)c(=O)oc3c3ccccc32)cc1.COc1ccc(Cn2c(=O)c3c(O)c(Sc4cccc(Cl)c4)c(=O)oc3c3ccccc32)cc1. The highest BCUT2D eigenvalue weighted by atomic mass is 35.5. The molecule has 15 aromatic rings. The summed E-state index contributed by atoms with van der Waals surface area (Å²) in [7, 11) is 4.68. The highest BCUT2D eigenvalue weighted by Gasteiger charge is 2.33. The maximum Gasteiger partial charge on any atom is 0.416 e. The second kappa shape index (κ2) is 30.8. The number of aromatic hydroxyl groups is 3. The Kier molecular flexibility index (Phi) is 21.2. The Hall–Kier alpha value is -12.0. The predicted octanol–water partition coefficient (Wildman–Crippen LogP) is 17.8. The second-order valence-electron chi connectivity index (χ2n) is 23.9. The standard InChI is InChI=1S/2C27H18F3NO5S.C26H18ClNO5S/c1-35-17-11-9-15(10-12-17)14-31-20-8-3-2-7-19(20)23-21(25(31)33)22(32)24(26(34)36-23)37-18-6-4-5-16(13-18)27(28,29)30;1-35-17-10-6-15(7-11-17)14-31-20-5-3-2-4-19(20)23-21(25(31)33)22(32)24(26(34)36-23)37-18-12-8-16(9-13-18)27(28,29)30;1-32-17-11-9-15(10-12-17)14-28-20-8-3-2-7-19(20)23-21(25(28)30)22(29)24(26(31)33-23)34-18-6-4-5-16(27)13-18/h2*2-13,32H,14H2,1H3;2-13,29H,14H2,1H3. The first-order valence-corrected chi connectivity index (χ1v) is 35.1. The molecule has 0 aliphatic heterocycles. The minimum absolute atomic E-state index is 0.0451. The third-order valence-electron chi connectivity index (χ3n) is 17.2. The molecular weight excluding hydrogens is 1490 g/mol. The molecule has 546 valence electrons. The van der Waals surface area contributed by atoms with Gasteiger partial charge in [-0.15, -0.1) is 0 Å². The van der Waals surface area contributed by atoms with E-state index in [1.165, 1.54) is 33.4 Å². The molecule has 108 heavy (non-hydrogen) atoms. The normalized spacial score (nSPS) is 11.6. The van der Waals surface area contributed by atoms with Crippen molar-refractivity contribution < 1.29 is 69.1 Å². The molecule has 6 aromatic heterocycles. The van der Waals surface area contributed by atoms with Crippen molar-refractivity contribution in [3.8, 4) is 34.5 Å². The number of fused-ring (bicyclic) bond motifs is 9. The zero-order valence-electron chi connectivity index (χ0n) is 56.4. The van der Waals surface area contributed by atoms with Crippen LogP contribution in [0.15, 0.2) is 290 Å². The van der Waals surface area contributed by atoms with Gasteiger partial charge in [-0.2, -0.15) is 26.3 Å². The van der Waals surface area contributed by atoms with E-state index in [1.54, 1.807) is 171 Å². The number of rotatable bonds is 15. The largest absolute Gasteiger partial charge is 0.505 e. The minimum atomic E-state index is -4.58. The number of methoxy groups -OCH3 is 3. The summed E-state index contributed by atoms with van der Waals surface area (Å²) in [6.07, 6.45) is -9.09. The van der Waals surface area contributed by atoms with Crippen molar-refractivity contribution in [3.05, 3.63) is 314 Å². The van der Waals surface area contributed by atoms with Crippen LogP contribution in [0.3, 0.4) is 0 Å². The van der Waals surface area contributed by atoms with Gasteiger partial charge in [0, 0.05) is 35.9 Å². The van der Waals surface area contributed by atoms with Crippen LogP contribution in [0.25, 0.3) is 65.6 Å². The van der Waals surface area contributed by atoms with E-state index in [-0.39, 0.29) is 77.0 Å². The van der Waals surface area contributed by atoms with Crippen LogP contribution in [-0.4, -0.2) is 50.4 Å². The average Bonchev–Trinajstić information content (AvgIpc) is 0.748. The molecule has 0 atom stereocenters. The first-order chi connectivity index (χ1) is 51.8. The fourth-order valence-corrected chi connectivity index (χ4v) is 14.8. The Labute approximate surface area is 622 Å². The lowest BCUT2D eigenvalue weighted by Crippen LogP contribution is -2.22. The molecule has 0 radical (unpaired) electrons. The lowest BCUT2D eigenvalue weighted by atomic mass is 10.1. The van der Waals surface area contributed by atoms with Gasteiger partial charge in [0.05, 0.1) is 68.6 Å². The van der Waals surface area contributed by atoms with E-state index < -0.39 is 74.3 Å². The molecule has 6 heterocycles. The number of pyridine rings is 3. The maximum atomic E-state index is 13.7. The van der Waals surface area contributed by atoms with E-state index in [1.807, 2.05) is 24.3 Å². The molecule has 0 spiro atoms. The maximum absolute atomic E-state index is 13.7. The molecule has 9 aromatic carbocycles. The van der Waals surface area contributed by atoms with Gasteiger partial charge in [0.2, 0.25) is 0 Å². The first kappa shape index (κ1) is 74.2. The number of ether oxygens (including phenoxy) is 3. The van der Waals surface area contributed by atoms with Gasteiger partial charge in [-0.1, -0.05) is 132 Å². The van der Waals surface area contributed by atoms with E-state index in [4.69, 9.17) is 39.1 Å². The van der Waals surface area contributed by atoms with E-state index in [9.17, 15) is 70.4 Å². The molecule has 0 amide bonds. The molecule has 0 aliphatic rings. The van der Waals surface area contributed by atoms with E-state index >= 15 is 0 Å². The van der Waals surface area contributed by atoms with Crippen LogP contribution in [-0.2, 0) is 32.0 Å². The number of para-hydroxylation sites is 3. The lowest BCUT2D eigenvalue weighted by Gasteiger charge is -2.14. The second-order valence-corrected chi connectivity index (χ2v) is 27.6. The predicted molar refractivity (Wildman–Crippen MR) is 401 cm³/mol. The van der Waals surface area contributed by atoms with Crippen LogP contribution in [0.2, 0.25) is 5.02 Å². The highest BCUT2D eigenvalue weighted by molar-refractivity contribution is 8.00. The number of halogens is 7. The minimum Gasteiger partial charge on any atom is -0.505 e. The molecule has 15 rings (SSSR count). The van der Waals surface area contributed by atoms with Crippen molar-refractivity contribution in [1.29, 1.82) is 0 Å². The van der Waals surface area contributed by atoms with Gasteiger partial charge < -0.3 is 56.5 Å². The summed E-state index contributed by atoms with van der Waals surface area (Å²) in [5.74, 6) is 0.374. The Morgan fingerprint density at radius 1 is 0.370 bits per heavy atom. The number of alkyl halides is 6. The van der Waals surface area contributed by atoms with Crippen LogP contribution in [0, 0.1) is 0 Å². The zero-order valence-corrected chi connectivity index (χ0v) is 59.6. The van der Waals surface area contributed by atoms with Gasteiger partial charge in [-0.3, -0.25) is 14.4 Å². The summed E-state index contributed by atoms with van der Waals surface area (Å²) in [6, 6.07) is 57.7. The summed E-state index contributed by atoms with van der Waals surface area (Å²) >= 11 is 8.36. The number of aromatic nitrogens is 3. The quantitative estimate of drug-likeness (QED) is 0.0638. The average molecular weight is 1540 g/mol. The first-order valence-electron chi connectivity index (χ1n) is 32.3. The highest BCUT2D eigenvalue weighted by Crippen LogP contribution is 2.43. The summed E-state index contributed by atoms with van der Waals surface area (Å²) in [5, 5.41) is 34.7. The number of hydrogen-bond acceptors (Lipinski definition) is 18. The monoisotopic (exact) mass is 1540 g/mol. The van der Waals surface area contributed by atoms with Crippen LogP contribution in [0.4, 0.5) is 26.3 Å². The third-order valence-corrected chi connectivity index (χ3v) is 20.6. The van der Waals surface area contributed by atoms with Crippen molar-refractivity contribution in [2.24, 2.45) is 0 Å². The fourth-order valence-electron chi connectivity index (χ4n) is 11.9. The summed E-state index contributed by atoms with van der Waals surface area (Å²) in [4.78, 5) is 79.6. The number of benzene rings is 9. The summed E-state index contributed by atoms with van der Waals surface area (Å²) in [5.41, 5.74) is -2.09. The van der Waals surface area contributed by atoms with E-state index in [0.29, 0.717) is 71.6 Å². The Balaban J connectivity index is 0.000000143. The van der Waals surface area contributed by atoms with Crippen molar-refractivity contribution in [2.75, 3.05) is 21.3 Å². The van der Waals surface area contributed by atoms with Crippen LogP contribution < -0.4 is 47.8 Å². The van der Waals surface area contributed by atoms with Crippen molar-refractivity contribution in [3.63, 3.8) is 0 Å². The van der Waals surface area contributed by atoms with Crippen LogP contribution in [0.1, 0.15) is 27.8 Å². The molecule has 0 saturated carbocycles. The van der Waals surface area contributed by atoms with Gasteiger partial charge >= 0.3 is 29.2 Å². The molecule has 28 heteroatoms. The molecule has 0 unspecified atom stereocenters. The summed E-state index contributed by atoms with van der Waals surface area (Å²) in [6.45, 7) is 0.571. The lowest BCUT2D eigenvalue weighted by molar-refractivity contribution is -0.138. The van der Waals surface area contributed by atoms with Gasteiger partial charge in [0.1, 0.15) is 48.1 Å². The Morgan fingerprint density at radius 2 is 0.685 bits per heavy atom. The summed E-state index contributed by atoms with van der Waals surface area (Å²) < 4.78 is 115. The smallest absolute Gasteiger partial charge is 0.416 e. The third kappa shape index (κ3) is 15.2. The Bertz CT molecular complexity index is 6390. The zero-order chi connectivity index (χ0) is 76.5.